The summed E-state index contributed by atoms with van der Waals surface area (Å²) in [7, 11) is 0.156. The van der Waals surface area contributed by atoms with E-state index in [1.54, 1.807) is 4.90 Å². The first kappa shape index (κ1) is 34.6. The van der Waals surface area contributed by atoms with Gasteiger partial charge in [-0.1, -0.05) is 45.6 Å². The number of thiophene rings is 1. The van der Waals surface area contributed by atoms with Crippen molar-refractivity contribution in [1.29, 1.82) is 0 Å². The third kappa shape index (κ3) is 7.99. The van der Waals surface area contributed by atoms with Crippen LogP contribution in [-0.4, -0.2) is 69.0 Å². The lowest BCUT2D eigenvalue weighted by Crippen LogP contribution is -2.55. The molecule has 1 aromatic heterocycles. The van der Waals surface area contributed by atoms with Crippen molar-refractivity contribution in [3.8, 4) is 0 Å². The molecule has 1 spiro atoms. The monoisotopic (exact) mass is 711 g/mol. The van der Waals surface area contributed by atoms with Crippen LogP contribution in [0, 0.1) is 5.41 Å². The Morgan fingerprint density at radius 2 is 1.55 bits per heavy atom. The van der Waals surface area contributed by atoms with E-state index in [2.05, 4.69) is 9.21 Å². The Morgan fingerprint density at radius 3 is 2.17 bits per heavy atom. The summed E-state index contributed by atoms with van der Waals surface area (Å²) in [5.41, 5.74) is -4.88. The molecule has 6 rings (SSSR count). The quantitative estimate of drug-likeness (QED) is 0.186. The zero-order valence-corrected chi connectivity index (χ0v) is 28.7. The number of carbonyl (C=O) groups excluding carboxylic acids is 1. The van der Waals surface area contributed by atoms with Gasteiger partial charge in [0.25, 0.3) is 11.6 Å². The number of carbonyl (C=O) groups is 1. The minimum Gasteiger partial charge on any atom is -0.335 e. The molecule has 0 aliphatic carbocycles. The number of hydrogen-bond donors (Lipinski definition) is 0. The van der Waals surface area contributed by atoms with Crippen LogP contribution in [0.1, 0.15) is 65.6 Å². The van der Waals surface area contributed by atoms with E-state index in [1.807, 2.05) is 47.8 Å². The molecule has 4 heterocycles. The maximum Gasteiger partial charge on any atom is 0.416 e. The molecule has 3 aliphatic heterocycles. The van der Waals surface area contributed by atoms with Gasteiger partial charge in [0.2, 0.25) is 0 Å². The van der Waals surface area contributed by atoms with Crippen molar-refractivity contribution in [2.45, 2.75) is 73.1 Å². The second kappa shape index (κ2) is 13.9. The summed E-state index contributed by atoms with van der Waals surface area (Å²) in [5.74, 6) is -0.657. The van der Waals surface area contributed by atoms with Crippen LogP contribution in [-0.2, 0) is 29.2 Å². The minimum absolute atomic E-state index is 0.199. The van der Waals surface area contributed by atoms with Crippen LogP contribution in [0.4, 0.5) is 22.0 Å². The topological polar surface area (TPSA) is 43.9 Å². The highest BCUT2D eigenvalue weighted by Gasteiger charge is 2.43. The summed E-state index contributed by atoms with van der Waals surface area (Å²) < 4.78 is 85.5. The fourth-order valence-electron chi connectivity index (χ4n) is 7.46. The number of rotatable bonds is 7. The van der Waals surface area contributed by atoms with Crippen molar-refractivity contribution in [2.75, 3.05) is 32.7 Å². The Balaban J connectivity index is 1.15. The number of nitrogens with zero attached hydrogens (tertiary/aromatic N) is 3. The highest BCUT2D eigenvalue weighted by Crippen LogP contribution is 2.44. The molecule has 254 valence electrons. The summed E-state index contributed by atoms with van der Waals surface area (Å²) in [6, 6.07) is 15.4. The van der Waals surface area contributed by atoms with E-state index in [0.717, 1.165) is 67.7 Å². The van der Waals surface area contributed by atoms with Crippen LogP contribution < -0.4 is 0 Å². The molecule has 3 fully saturated rings. The second-order valence-electron chi connectivity index (χ2n) is 13.1. The average molecular weight is 712 g/mol. The fourth-order valence-corrected chi connectivity index (χ4v) is 9.85. The number of alkyl halides is 5. The number of benzene rings is 2. The molecule has 4 atom stereocenters. The van der Waals surface area contributed by atoms with Crippen LogP contribution >= 0.6 is 20.6 Å². The number of likely N-dealkylation sites (tertiary alicyclic amines) is 2. The van der Waals surface area contributed by atoms with Crippen molar-refractivity contribution in [3.05, 3.63) is 88.3 Å². The van der Waals surface area contributed by atoms with Gasteiger partial charge in [-0.15, -0.1) is 11.3 Å². The van der Waals surface area contributed by atoms with E-state index in [0.29, 0.717) is 37.9 Å². The van der Waals surface area contributed by atoms with Crippen molar-refractivity contribution >= 4 is 37.5 Å². The van der Waals surface area contributed by atoms with Gasteiger partial charge in [-0.05, 0) is 98.7 Å². The van der Waals surface area contributed by atoms with E-state index in [4.69, 9.17) is 0 Å². The highest BCUT2D eigenvalue weighted by molar-refractivity contribution is 7.85. The number of piperidine rings is 3. The molecule has 3 saturated heterocycles. The van der Waals surface area contributed by atoms with Gasteiger partial charge in [0.15, 0.2) is 0 Å². The zero-order valence-electron chi connectivity index (χ0n) is 25.9. The van der Waals surface area contributed by atoms with Crippen LogP contribution in [0.5, 0.6) is 0 Å². The molecule has 13 heteroatoms. The molecule has 0 saturated carbocycles. The SMILES string of the molecule is O=C(c1cc(C(F)(F)F)cc(C(F)(F)P)c1)N1CCC(N2CCC3(CC2)CCN(S(=O)c2cccs2)CC3)CC1Cc1ccccc1. The minimum atomic E-state index is -4.87. The molecular weight excluding hydrogens is 672 g/mol. The number of halogens is 5. The van der Waals surface area contributed by atoms with E-state index < -0.39 is 39.9 Å². The first-order valence-corrected chi connectivity index (χ1v) is 18.6. The molecule has 47 heavy (non-hydrogen) atoms. The van der Waals surface area contributed by atoms with Crippen LogP contribution in [0.3, 0.4) is 0 Å². The van der Waals surface area contributed by atoms with E-state index in [-0.39, 0.29) is 23.1 Å². The molecule has 4 unspecified atom stereocenters. The molecule has 3 aliphatic rings. The number of hydrogen-bond acceptors (Lipinski definition) is 4. The van der Waals surface area contributed by atoms with E-state index >= 15 is 0 Å². The lowest BCUT2D eigenvalue weighted by Gasteiger charge is -2.50. The van der Waals surface area contributed by atoms with Crippen LogP contribution in [0.15, 0.2) is 70.3 Å². The number of amides is 1. The Hall–Kier alpha value is -2.24. The molecule has 0 radical (unpaired) electrons. The predicted octanol–water partition coefficient (Wildman–Crippen LogP) is 7.81. The first-order valence-electron chi connectivity index (χ1n) is 16.0. The summed E-state index contributed by atoms with van der Waals surface area (Å²) in [4.78, 5) is 18.0. The van der Waals surface area contributed by atoms with Gasteiger partial charge in [-0.2, -0.15) is 22.0 Å². The maximum atomic E-state index is 14.2. The lowest BCUT2D eigenvalue weighted by molar-refractivity contribution is -0.137. The summed E-state index contributed by atoms with van der Waals surface area (Å²) in [5, 5.41) is 1.95. The second-order valence-corrected chi connectivity index (χ2v) is 16.5. The largest absolute Gasteiger partial charge is 0.416 e. The van der Waals surface area contributed by atoms with Crippen molar-refractivity contribution in [3.63, 3.8) is 0 Å². The van der Waals surface area contributed by atoms with Crippen molar-refractivity contribution in [2.24, 2.45) is 5.41 Å². The van der Waals surface area contributed by atoms with Crippen molar-refractivity contribution < 1.29 is 31.0 Å². The standard InChI is InChI=1S/C34H39F5N3O2PS2/c35-33(36,37)26-20-25(21-27(22-26)34(38,39)45)31(43)42-13-8-28(23-29(42)19-24-5-2-1-3-6-24)40-14-9-32(10-15-40)11-16-41(17-12-32)47(44)30-7-4-18-46-30/h1-7,18,20-22,28-29H,8-17,19,23,45H2. The van der Waals surface area contributed by atoms with Gasteiger partial charge < -0.3 is 9.80 Å². The predicted molar refractivity (Wildman–Crippen MR) is 178 cm³/mol. The molecule has 1 amide bonds. The van der Waals surface area contributed by atoms with Crippen molar-refractivity contribution in [1.82, 2.24) is 14.1 Å². The van der Waals surface area contributed by atoms with Gasteiger partial charge in [0.05, 0.1) is 5.56 Å². The van der Waals surface area contributed by atoms with Gasteiger partial charge in [0.1, 0.15) is 15.2 Å². The van der Waals surface area contributed by atoms with Gasteiger partial charge in [-0.3, -0.25) is 4.79 Å². The molecule has 3 aromatic rings. The van der Waals surface area contributed by atoms with Gasteiger partial charge in [0, 0.05) is 42.8 Å². The van der Waals surface area contributed by atoms with Crippen LogP contribution in [0.25, 0.3) is 0 Å². The fraction of sp³-hybridized carbons (Fsp3) is 0.500. The van der Waals surface area contributed by atoms with E-state index in [1.165, 1.54) is 20.6 Å². The average Bonchev–Trinajstić information content (AvgIpc) is 3.60. The normalized spacial score (nSPS) is 23.6. The Morgan fingerprint density at radius 1 is 0.894 bits per heavy atom. The molecule has 0 bridgehead atoms. The van der Waals surface area contributed by atoms with Gasteiger partial charge >= 0.3 is 6.18 Å². The summed E-state index contributed by atoms with van der Waals surface area (Å²) in [6.45, 7) is 3.79. The third-order valence-corrected chi connectivity index (χ3v) is 13.2. The lowest BCUT2D eigenvalue weighted by atomic mass is 9.71. The zero-order chi connectivity index (χ0) is 33.4. The molecule has 2 aromatic carbocycles. The van der Waals surface area contributed by atoms with Gasteiger partial charge in [-0.25, -0.2) is 8.51 Å². The van der Waals surface area contributed by atoms with E-state index in [9.17, 15) is 31.0 Å². The highest BCUT2D eigenvalue weighted by atomic mass is 32.2. The smallest absolute Gasteiger partial charge is 0.335 e. The molecular formula is C34H39F5N3O2PS2. The summed E-state index contributed by atoms with van der Waals surface area (Å²) >= 11 is 1.52. The van der Waals surface area contributed by atoms with Crippen LogP contribution in [0.2, 0.25) is 0 Å². The first-order chi connectivity index (χ1) is 22.3. The summed E-state index contributed by atoms with van der Waals surface area (Å²) in [6.07, 6.45) is 1.06. The Labute approximate surface area is 281 Å². The Bertz CT molecular complexity index is 1520. The maximum absolute atomic E-state index is 14.2. The molecule has 5 nitrogen and oxygen atoms in total. The molecule has 0 N–H and O–H groups in total. The Kier molecular flexibility index (Phi) is 10.3. The third-order valence-electron chi connectivity index (χ3n) is 10.2.